The van der Waals surface area contributed by atoms with Crippen LogP contribution < -0.4 is 15.8 Å². The highest BCUT2D eigenvalue weighted by Crippen LogP contribution is 2.11. The fourth-order valence-electron chi connectivity index (χ4n) is 1.72. The molecule has 0 saturated heterocycles. The predicted molar refractivity (Wildman–Crippen MR) is 88.7 cm³/mol. The fraction of sp³-hybridized carbons (Fsp3) is 0.353. The summed E-state index contributed by atoms with van der Waals surface area (Å²) in [6.07, 6.45) is 3.41. The Hall–Kier alpha value is -2.14. The smallest absolute Gasteiger partial charge is 0.137 e. The average Bonchev–Trinajstić information content (AvgIpc) is 2.53. The second-order valence-corrected chi connectivity index (χ2v) is 4.66. The van der Waals surface area contributed by atoms with Crippen molar-refractivity contribution < 1.29 is 9.13 Å². The Morgan fingerprint density at radius 2 is 2.05 bits per heavy atom. The quantitative estimate of drug-likeness (QED) is 0.859. The summed E-state index contributed by atoms with van der Waals surface area (Å²) in [4.78, 5) is 4.04. The molecular formula is C17H24FN3O. The predicted octanol–water partition coefficient (Wildman–Crippen LogP) is 3.37. The molecule has 4 nitrogen and oxygen atoms in total. The SMILES string of the molecule is CC.Cc1cncc(OCC(N)CNc2cccc(F)c2)c1. The third-order valence-electron chi connectivity index (χ3n) is 2.71. The first kappa shape index (κ1) is 17.9. The van der Waals surface area contributed by atoms with Gasteiger partial charge in [-0.05, 0) is 36.8 Å². The number of nitrogens with zero attached hydrogens (tertiary/aromatic N) is 1. The Kier molecular flexibility index (Phi) is 7.92. The number of anilines is 1. The molecule has 1 aromatic carbocycles. The Morgan fingerprint density at radius 3 is 2.73 bits per heavy atom. The topological polar surface area (TPSA) is 60.2 Å². The summed E-state index contributed by atoms with van der Waals surface area (Å²) in [5.41, 5.74) is 7.69. The van der Waals surface area contributed by atoms with Gasteiger partial charge < -0.3 is 15.8 Å². The van der Waals surface area contributed by atoms with E-state index in [2.05, 4.69) is 10.3 Å². The normalized spacial score (nSPS) is 11.1. The van der Waals surface area contributed by atoms with E-state index in [9.17, 15) is 4.39 Å². The van der Waals surface area contributed by atoms with Crippen molar-refractivity contribution >= 4 is 5.69 Å². The molecule has 5 heteroatoms. The van der Waals surface area contributed by atoms with Crippen molar-refractivity contribution in [2.24, 2.45) is 5.73 Å². The number of aromatic nitrogens is 1. The molecule has 1 atom stereocenters. The highest BCUT2D eigenvalue weighted by molar-refractivity contribution is 5.43. The first-order valence-electron chi connectivity index (χ1n) is 7.43. The zero-order valence-corrected chi connectivity index (χ0v) is 13.3. The van der Waals surface area contributed by atoms with E-state index >= 15 is 0 Å². The molecule has 0 aliphatic heterocycles. The molecule has 2 aromatic rings. The van der Waals surface area contributed by atoms with E-state index in [1.807, 2.05) is 26.8 Å². The zero-order chi connectivity index (χ0) is 16.4. The van der Waals surface area contributed by atoms with Gasteiger partial charge in [-0.25, -0.2) is 4.39 Å². The summed E-state index contributed by atoms with van der Waals surface area (Å²) < 4.78 is 18.6. The van der Waals surface area contributed by atoms with Crippen LogP contribution in [0.15, 0.2) is 42.7 Å². The lowest BCUT2D eigenvalue weighted by atomic mass is 10.2. The van der Waals surface area contributed by atoms with Crippen molar-refractivity contribution in [2.45, 2.75) is 26.8 Å². The molecule has 0 fully saturated rings. The molecule has 1 unspecified atom stereocenters. The zero-order valence-electron chi connectivity index (χ0n) is 13.3. The Morgan fingerprint density at radius 1 is 1.27 bits per heavy atom. The largest absolute Gasteiger partial charge is 0.490 e. The van der Waals surface area contributed by atoms with Gasteiger partial charge in [0.05, 0.1) is 12.2 Å². The van der Waals surface area contributed by atoms with Crippen LogP contribution in [0.5, 0.6) is 5.75 Å². The number of nitrogens with one attached hydrogen (secondary N) is 1. The van der Waals surface area contributed by atoms with Gasteiger partial charge in [0.2, 0.25) is 0 Å². The van der Waals surface area contributed by atoms with E-state index in [1.165, 1.54) is 12.1 Å². The van der Waals surface area contributed by atoms with Crippen molar-refractivity contribution in [3.8, 4) is 5.75 Å². The van der Waals surface area contributed by atoms with E-state index in [0.717, 1.165) is 5.56 Å². The number of ether oxygens (including phenoxy) is 1. The monoisotopic (exact) mass is 305 g/mol. The van der Waals surface area contributed by atoms with Crippen LogP contribution in [-0.4, -0.2) is 24.2 Å². The van der Waals surface area contributed by atoms with Gasteiger partial charge in [0, 0.05) is 18.4 Å². The number of rotatable bonds is 6. The highest BCUT2D eigenvalue weighted by Gasteiger charge is 2.04. The van der Waals surface area contributed by atoms with Crippen molar-refractivity contribution in [3.05, 3.63) is 54.1 Å². The summed E-state index contributed by atoms with van der Waals surface area (Å²) in [5, 5.41) is 3.07. The fourth-order valence-corrected chi connectivity index (χ4v) is 1.72. The molecule has 22 heavy (non-hydrogen) atoms. The van der Waals surface area contributed by atoms with E-state index in [-0.39, 0.29) is 11.9 Å². The number of pyridine rings is 1. The standard InChI is InChI=1S/C15H18FN3O.C2H6/c1-11-5-15(9-18-7-11)20-10-13(17)8-19-14-4-2-3-12(16)6-14;1-2/h2-7,9,13,19H,8,10,17H2,1H3;1-2H3. The molecular weight excluding hydrogens is 281 g/mol. The molecule has 3 N–H and O–H groups in total. The number of halogens is 1. The summed E-state index contributed by atoms with van der Waals surface area (Å²) >= 11 is 0. The molecule has 1 heterocycles. The van der Waals surface area contributed by atoms with Gasteiger partial charge in [0.25, 0.3) is 0 Å². The highest BCUT2D eigenvalue weighted by atomic mass is 19.1. The maximum absolute atomic E-state index is 13.0. The molecule has 1 aromatic heterocycles. The van der Waals surface area contributed by atoms with Crippen molar-refractivity contribution in [2.75, 3.05) is 18.5 Å². The van der Waals surface area contributed by atoms with Crippen LogP contribution in [0.25, 0.3) is 0 Å². The summed E-state index contributed by atoms with van der Waals surface area (Å²) in [5.74, 6) is 0.428. The molecule has 0 aliphatic rings. The molecule has 0 aliphatic carbocycles. The number of aryl methyl sites for hydroxylation is 1. The van der Waals surface area contributed by atoms with Crippen molar-refractivity contribution in [1.82, 2.24) is 4.98 Å². The van der Waals surface area contributed by atoms with E-state index in [1.54, 1.807) is 24.5 Å². The maximum Gasteiger partial charge on any atom is 0.137 e. The van der Waals surface area contributed by atoms with E-state index in [0.29, 0.717) is 24.6 Å². The van der Waals surface area contributed by atoms with Crippen LogP contribution >= 0.6 is 0 Å². The molecule has 0 spiro atoms. The van der Waals surface area contributed by atoms with E-state index in [4.69, 9.17) is 10.5 Å². The van der Waals surface area contributed by atoms with Crippen molar-refractivity contribution in [1.29, 1.82) is 0 Å². The summed E-state index contributed by atoms with van der Waals surface area (Å²) in [7, 11) is 0. The number of benzene rings is 1. The van der Waals surface area contributed by atoms with Gasteiger partial charge in [0.15, 0.2) is 0 Å². The van der Waals surface area contributed by atoms with Crippen LogP contribution in [0.4, 0.5) is 10.1 Å². The van der Waals surface area contributed by atoms with Gasteiger partial charge in [-0.1, -0.05) is 19.9 Å². The average molecular weight is 305 g/mol. The van der Waals surface area contributed by atoms with Gasteiger partial charge >= 0.3 is 0 Å². The number of hydrogen-bond acceptors (Lipinski definition) is 4. The van der Waals surface area contributed by atoms with Gasteiger partial charge in [-0.3, -0.25) is 4.98 Å². The molecule has 0 amide bonds. The lowest BCUT2D eigenvalue weighted by molar-refractivity contribution is 0.292. The third kappa shape index (κ3) is 6.54. The van der Waals surface area contributed by atoms with Gasteiger partial charge in [-0.2, -0.15) is 0 Å². The van der Waals surface area contributed by atoms with Crippen LogP contribution in [-0.2, 0) is 0 Å². The molecule has 0 radical (unpaired) electrons. The Bertz CT molecular complexity index is 514. The van der Waals surface area contributed by atoms with Crippen molar-refractivity contribution in [3.63, 3.8) is 0 Å². The second-order valence-electron chi connectivity index (χ2n) is 4.66. The van der Waals surface area contributed by atoms with Gasteiger partial charge in [0.1, 0.15) is 18.2 Å². The van der Waals surface area contributed by atoms with Crippen LogP contribution in [0.3, 0.4) is 0 Å². The molecule has 2 rings (SSSR count). The molecule has 120 valence electrons. The minimum Gasteiger partial charge on any atom is -0.490 e. The first-order valence-corrected chi connectivity index (χ1v) is 7.43. The molecule has 0 saturated carbocycles. The lowest BCUT2D eigenvalue weighted by Gasteiger charge is -2.15. The summed E-state index contributed by atoms with van der Waals surface area (Å²) in [6.45, 7) is 6.82. The lowest BCUT2D eigenvalue weighted by Crippen LogP contribution is -2.35. The Balaban J connectivity index is 0.00000116. The third-order valence-corrected chi connectivity index (χ3v) is 2.71. The van der Waals surface area contributed by atoms with Crippen LogP contribution in [0.1, 0.15) is 19.4 Å². The first-order chi connectivity index (χ1) is 10.6. The Labute approximate surface area is 131 Å². The second kappa shape index (κ2) is 9.73. The van der Waals surface area contributed by atoms with Gasteiger partial charge in [-0.15, -0.1) is 0 Å². The van der Waals surface area contributed by atoms with Crippen LogP contribution in [0, 0.1) is 12.7 Å². The minimum atomic E-state index is -0.273. The number of nitrogens with two attached hydrogens (primary N) is 1. The summed E-state index contributed by atoms with van der Waals surface area (Å²) in [6, 6.07) is 7.98. The van der Waals surface area contributed by atoms with E-state index < -0.39 is 0 Å². The number of hydrogen-bond donors (Lipinski definition) is 2. The minimum absolute atomic E-state index is 0.196. The van der Waals surface area contributed by atoms with Crippen LogP contribution in [0.2, 0.25) is 0 Å². The maximum atomic E-state index is 13.0. The molecule has 0 bridgehead atoms.